The first kappa shape index (κ1) is 24.0. The van der Waals surface area contributed by atoms with Gasteiger partial charge in [0.2, 0.25) is 21.1 Å². The molecule has 1 fully saturated rings. The van der Waals surface area contributed by atoms with E-state index in [9.17, 15) is 18.0 Å². The maximum atomic E-state index is 12.9. The molecule has 0 radical (unpaired) electrons. The number of aromatic nitrogens is 4. The van der Waals surface area contributed by atoms with Gasteiger partial charge in [0.15, 0.2) is 0 Å². The summed E-state index contributed by atoms with van der Waals surface area (Å²) in [6.07, 6.45) is 1.07. The largest absolute Gasteiger partial charge is 0.455 e. The van der Waals surface area contributed by atoms with Gasteiger partial charge in [0, 0.05) is 18.1 Å². The minimum atomic E-state index is -3.31. The van der Waals surface area contributed by atoms with Crippen molar-refractivity contribution in [3.63, 3.8) is 0 Å². The lowest BCUT2D eigenvalue weighted by atomic mass is 10.0. The van der Waals surface area contributed by atoms with E-state index in [1.807, 2.05) is 0 Å². The topological polar surface area (TPSA) is 162 Å². The fraction of sp³-hybridized carbons (Fsp3) is 0.688. The number of esters is 1. The number of nitrogens with zero attached hydrogens (tertiary/aromatic N) is 5. The molecule has 31 heavy (non-hydrogen) atoms. The number of nitrogens with one attached hydrogen (secondary N) is 1. The summed E-state index contributed by atoms with van der Waals surface area (Å²) >= 11 is 2.78. The minimum Gasteiger partial charge on any atom is -0.455 e. The third kappa shape index (κ3) is 5.77. The Morgan fingerprint density at radius 2 is 2.13 bits per heavy atom. The first-order valence-corrected chi connectivity index (χ1v) is 13.3. The molecule has 3 rings (SSSR count). The summed E-state index contributed by atoms with van der Waals surface area (Å²) in [5.41, 5.74) is 6.13. The van der Waals surface area contributed by atoms with Crippen LogP contribution in [0.15, 0.2) is 16.4 Å². The molecular weight excluding hydrogens is 466 g/mol. The molecule has 0 spiro atoms. The van der Waals surface area contributed by atoms with E-state index in [-0.39, 0.29) is 30.1 Å². The summed E-state index contributed by atoms with van der Waals surface area (Å²) in [5, 5.41) is 11.6. The fourth-order valence-corrected chi connectivity index (χ4v) is 5.73. The Hall–Kier alpha value is -1.68. The SMILES string of the molecule is CC(C)(C)OC(=O)C1=C(CSc2nnnn2CCNS(C)(=O)=O)CS[C@@H]2[C@H](N)C(=O)N12. The van der Waals surface area contributed by atoms with Gasteiger partial charge in [0.05, 0.1) is 12.8 Å². The predicted octanol–water partition coefficient (Wildman–Crippen LogP) is -0.847. The van der Waals surface area contributed by atoms with Crippen LogP contribution in [0.25, 0.3) is 0 Å². The predicted molar refractivity (Wildman–Crippen MR) is 115 cm³/mol. The normalized spacial score (nSPS) is 21.7. The number of hydrogen-bond acceptors (Lipinski definition) is 11. The summed E-state index contributed by atoms with van der Waals surface area (Å²) in [6.45, 7) is 5.67. The molecule has 2 aliphatic rings. The Balaban J connectivity index is 1.76. The Bertz CT molecular complexity index is 1000. The van der Waals surface area contributed by atoms with Crippen molar-refractivity contribution in [2.24, 2.45) is 5.73 Å². The number of carbonyl (C=O) groups excluding carboxylic acids is 2. The van der Waals surface area contributed by atoms with E-state index in [1.54, 1.807) is 20.8 Å². The van der Waals surface area contributed by atoms with E-state index in [1.165, 1.54) is 33.1 Å². The number of sulfonamides is 1. The second-order valence-corrected chi connectivity index (χ2v) is 11.9. The first-order valence-electron chi connectivity index (χ1n) is 9.36. The molecule has 12 nitrogen and oxygen atoms in total. The molecule has 0 saturated carbocycles. The van der Waals surface area contributed by atoms with Gasteiger partial charge in [0.1, 0.15) is 22.7 Å². The zero-order valence-electron chi connectivity index (χ0n) is 17.6. The van der Waals surface area contributed by atoms with Crippen LogP contribution in [0.5, 0.6) is 0 Å². The van der Waals surface area contributed by atoms with Crippen LogP contribution in [0, 0.1) is 0 Å². The van der Waals surface area contributed by atoms with Crippen molar-refractivity contribution in [2.45, 2.75) is 49.5 Å². The lowest BCUT2D eigenvalue weighted by molar-refractivity contribution is -0.157. The van der Waals surface area contributed by atoms with Gasteiger partial charge in [-0.25, -0.2) is 22.6 Å². The lowest BCUT2D eigenvalue weighted by Gasteiger charge is -2.48. The Morgan fingerprint density at radius 1 is 1.42 bits per heavy atom. The van der Waals surface area contributed by atoms with Crippen molar-refractivity contribution in [3.8, 4) is 0 Å². The molecule has 2 aliphatic heterocycles. The van der Waals surface area contributed by atoms with Gasteiger partial charge < -0.3 is 10.5 Å². The van der Waals surface area contributed by atoms with Crippen molar-refractivity contribution in [1.29, 1.82) is 0 Å². The Morgan fingerprint density at radius 3 is 2.77 bits per heavy atom. The maximum absolute atomic E-state index is 12.9. The molecule has 172 valence electrons. The second kappa shape index (κ2) is 9.05. The number of β-lactam (4-membered cyclic amide) rings is 1. The summed E-state index contributed by atoms with van der Waals surface area (Å²) in [6, 6.07) is -0.633. The number of amides is 1. The van der Waals surface area contributed by atoms with Crippen molar-refractivity contribution in [3.05, 3.63) is 11.3 Å². The third-order valence-corrected chi connectivity index (χ3v) is 7.38. The number of nitrogens with two attached hydrogens (primary N) is 1. The molecule has 0 unspecified atom stereocenters. The van der Waals surface area contributed by atoms with Gasteiger partial charge in [-0.2, -0.15) is 0 Å². The van der Waals surface area contributed by atoms with Gasteiger partial charge in [0.25, 0.3) is 0 Å². The molecule has 15 heteroatoms. The second-order valence-electron chi connectivity index (χ2n) is 8.03. The van der Waals surface area contributed by atoms with E-state index in [0.717, 1.165) is 11.8 Å². The number of tetrazole rings is 1. The van der Waals surface area contributed by atoms with Crippen LogP contribution in [-0.2, 0) is 30.9 Å². The van der Waals surface area contributed by atoms with Gasteiger partial charge >= 0.3 is 5.97 Å². The highest BCUT2D eigenvalue weighted by atomic mass is 32.2. The van der Waals surface area contributed by atoms with Crippen molar-refractivity contribution in [2.75, 3.05) is 24.3 Å². The monoisotopic (exact) mass is 491 g/mol. The van der Waals surface area contributed by atoms with Crippen LogP contribution in [0.2, 0.25) is 0 Å². The lowest BCUT2D eigenvalue weighted by Crippen LogP contribution is -2.68. The van der Waals surface area contributed by atoms with E-state index in [0.29, 0.717) is 16.7 Å². The van der Waals surface area contributed by atoms with Crippen molar-refractivity contribution < 1.29 is 22.7 Å². The maximum Gasteiger partial charge on any atom is 0.355 e. The number of thioether (sulfide) groups is 2. The van der Waals surface area contributed by atoms with Crippen molar-refractivity contribution >= 4 is 45.4 Å². The smallest absolute Gasteiger partial charge is 0.355 e. The summed E-state index contributed by atoms with van der Waals surface area (Å²) < 4.78 is 31.8. The third-order valence-electron chi connectivity index (χ3n) is 4.24. The van der Waals surface area contributed by atoms with Gasteiger partial charge in [-0.15, -0.1) is 16.9 Å². The number of rotatable bonds is 8. The molecule has 3 heterocycles. The zero-order valence-corrected chi connectivity index (χ0v) is 20.0. The van der Waals surface area contributed by atoms with Gasteiger partial charge in [-0.3, -0.25) is 9.69 Å². The van der Waals surface area contributed by atoms with Crippen LogP contribution in [0.4, 0.5) is 0 Å². The Kier molecular flexibility index (Phi) is 7.00. The highest BCUT2D eigenvalue weighted by Crippen LogP contribution is 2.41. The summed E-state index contributed by atoms with van der Waals surface area (Å²) in [4.78, 5) is 26.7. The quantitative estimate of drug-likeness (QED) is 0.265. The van der Waals surface area contributed by atoms with Crippen LogP contribution in [0.3, 0.4) is 0 Å². The molecular formula is C16H25N7O5S3. The molecule has 2 atom stereocenters. The minimum absolute atomic E-state index is 0.140. The number of hydrogen-bond donors (Lipinski definition) is 2. The van der Waals surface area contributed by atoms with E-state index >= 15 is 0 Å². The summed E-state index contributed by atoms with van der Waals surface area (Å²) in [5.74, 6) is -0.00321. The van der Waals surface area contributed by atoms with Crippen LogP contribution in [-0.4, -0.2) is 86.7 Å². The Labute approximate surface area is 188 Å². The van der Waals surface area contributed by atoms with Crippen LogP contribution in [0.1, 0.15) is 20.8 Å². The van der Waals surface area contributed by atoms with Crippen LogP contribution < -0.4 is 10.5 Å². The van der Waals surface area contributed by atoms with Gasteiger partial charge in [-0.05, 0) is 36.8 Å². The average Bonchev–Trinajstić information content (AvgIpc) is 3.09. The van der Waals surface area contributed by atoms with E-state index < -0.39 is 27.6 Å². The molecule has 0 bridgehead atoms. The highest BCUT2D eigenvalue weighted by Gasteiger charge is 2.52. The van der Waals surface area contributed by atoms with Crippen LogP contribution >= 0.6 is 23.5 Å². The van der Waals surface area contributed by atoms with Gasteiger partial charge in [-0.1, -0.05) is 11.8 Å². The van der Waals surface area contributed by atoms with E-state index in [2.05, 4.69) is 20.2 Å². The summed E-state index contributed by atoms with van der Waals surface area (Å²) in [7, 11) is -3.31. The van der Waals surface area contributed by atoms with Crippen molar-refractivity contribution in [1.82, 2.24) is 29.8 Å². The molecule has 1 amide bonds. The standard InChI is InChI=1S/C16H25N7O5S3/c1-16(2,3)28-14(25)11-9(7-29-13-10(17)12(24)23(11)13)8-30-15-19-20-21-22(15)6-5-18-31(4,26)27/h10,13,18H,5-8,17H2,1-4H3/t10-,13-/m1/s1. The number of fused-ring (bicyclic) bond motifs is 1. The molecule has 0 aliphatic carbocycles. The first-order chi connectivity index (χ1) is 14.4. The number of ether oxygens (including phenoxy) is 1. The highest BCUT2D eigenvalue weighted by molar-refractivity contribution is 8.01. The molecule has 1 aromatic heterocycles. The molecule has 0 aromatic carbocycles. The molecule has 3 N–H and O–H groups in total. The number of carbonyl (C=O) groups is 2. The fourth-order valence-electron chi connectivity index (χ4n) is 2.93. The van der Waals surface area contributed by atoms with E-state index in [4.69, 9.17) is 10.5 Å². The molecule has 1 aromatic rings. The average molecular weight is 492 g/mol. The zero-order chi connectivity index (χ0) is 23.0. The molecule has 1 saturated heterocycles.